The van der Waals surface area contributed by atoms with E-state index in [0.717, 1.165) is 26.2 Å². The molecule has 0 bridgehead atoms. The number of anilines is 1. The number of guanidine groups is 1. The van der Waals surface area contributed by atoms with E-state index in [0.29, 0.717) is 12.5 Å². The molecule has 1 heterocycles. The second-order valence-electron chi connectivity index (χ2n) is 4.89. The maximum absolute atomic E-state index is 5.98. The van der Waals surface area contributed by atoms with Crippen molar-refractivity contribution in [3.8, 4) is 0 Å². The van der Waals surface area contributed by atoms with Gasteiger partial charge in [-0.15, -0.1) is 24.0 Å². The molecule has 1 aliphatic rings. The number of hydrogen-bond donors (Lipinski definition) is 1. The van der Waals surface area contributed by atoms with Gasteiger partial charge in [0.05, 0.1) is 6.54 Å². The highest BCUT2D eigenvalue weighted by Gasteiger charge is 2.07. The number of halogens is 1. The molecule has 21 heavy (non-hydrogen) atoms. The van der Waals surface area contributed by atoms with Crippen LogP contribution in [-0.4, -0.2) is 37.0 Å². The lowest BCUT2D eigenvalue weighted by Crippen LogP contribution is -2.37. The molecule has 0 unspecified atom stereocenters. The van der Waals surface area contributed by atoms with E-state index in [1.54, 1.807) is 0 Å². The summed E-state index contributed by atoms with van der Waals surface area (Å²) in [7, 11) is 0. The van der Waals surface area contributed by atoms with Gasteiger partial charge in [0.2, 0.25) is 0 Å². The van der Waals surface area contributed by atoms with E-state index in [1.165, 1.54) is 11.3 Å². The number of benzene rings is 1. The van der Waals surface area contributed by atoms with Crippen LogP contribution in [0.3, 0.4) is 0 Å². The Morgan fingerprint density at radius 2 is 1.71 bits per heavy atom. The summed E-state index contributed by atoms with van der Waals surface area (Å²) >= 11 is 0. The van der Waals surface area contributed by atoms with Crippen molar-refractivity contribution in [2.45, 2.75) is 20.4 Å². The molecule has 4 nitrogen and oxygen atoms in total. The lowest BCUT2D eigenvalue weighted by molar-refractivity contribution is 0.458. The number of aliphatic imine (C=N–C) groups is 1. The molecule has 0 radical (unpaired) electrons. The van der Waals surface area contributed by atoms with E-state index in [-0.39, 0.29) is 24.0 Å². The Morgan fingerprint density at radius 3 is 2.24 bits per heavy atom. The van der Waals surface area contributed by atoms with Crippen molar-refractivity contribution < 1.29 is 0 Å². The van der Waals surface area contributed by atoms with Gasteiger partial charge in [-0.3, -0.25) is 0 Å². The normalized spacial score (nSPS) is 14.2. The Bertz CT molecular complexity index is 470. The standard InChI is InChI=1S/C16H24N4.HI/c1-3-19(4-2)16(17)18-13-14-7-9-15(10-8-14)20-11-5-6-12-20;/h5-10H,3-4,11-13H2,1-2H3,(H2,17,18);1H. The number of rotatable bonds is 5. The van der Waals surface area contributed by atoms with E-state index < -0.39 is 0 Å². The molecule has 1 aromatic rings. The summed E-state index contributed by atoms with van der Waals surface area (Å²) in [6.07, 6.45) is 4.39. The fourth-order valence-corrected chi connectivity index (χ4v) is 2.32. The number of nitrogens with zero attached hydrogens (tertiary/aromatic N) is 3. The zero-order chi connectivity index (χ0) is 14.4. The third kappa shape index (κ3) is 4.91. The van der Waals surface area contributed by atoms with Gasteiger partial charge in [0.15, 0.2) is 5.96 Å². The topological polar surface area (TPSA) is 44.9 Å². The maximum Gasteiger partial charge on any atom is 0.191 e. The summed E-state index contributed by atoms with van der Waals surface area (Å²) in [5.74, 6) is 0.628. The SMILES string of the molecule is CCN(CC)C(N)=NCc1ccc(N2CC=CC2)cc1.I. The van der Waals surface area contributed by atoms with Gasteiger partial charge < -0.3 is 15.5 Å². The molecular formula is C16H25IN4. The summed E-state index contributed by atoms with van der Waals surface area (Å²) < 4.78 is 0. The molecule has 2 rings (SSSR count). The zero-order valence-corrected chi connectivity index (χ0v) is 15.2. The van der Waals surface area contributed by atoms with E-state index in [4.69, 9.17) is 5.73 Å². The summed E-state index contributed by atoms with van der Waals surface area (Å²) in [6, 6.07) is 8.58. The van der Waals surface area contributed by atoms with Crippen molar-refractivity contribution in [2.24, 2.45) is 10.7 Å². The van der Waals surface area contributed by atoms with Gasteiger partial charge in [0, 0.05) is 31.9 Å². The molecule has 0 atom stereocenters. The molecule has 0 spiro atoms. The predicted molar refractivity (Wildman–Crippen MR) is 101 cm³/mol. The van der Waals surface area contributed by atoms with Gasteiger partial charge in [-0.2, -0.15) is 0 Å². The largest absolute Gasteiger partial charge is 0.370 e. The first kappa shape index (κ1) is 17.8. The minimum Gasteiger partial charge on any atom is -0.370 e. The van der Waals surface area contributed by atoms with Gasteiger partial charge in [0.25, 0.3) is 0 Å². The van der Waals surface area contributed by atoms with Crippen molar-refractivity contribution in [3.63, 3.8) is 0 Å². The summed E-state index contributed by atoms with van der Waals surface area (Å²) in [5.41, 5.74) is 8.43. The van der Waals surface area contributed by atoms with Crippen LogP contribution < -0.4 is 10.6 Å². The van der Waals surface area contributed by atoms with Crippen LogP contribution in [0.5, 0.6) is 0 Å². The lowest BCUT2D eigenvalue weighted by Gasteiger charge is -2.19. The molecule has 0 fully saturated rings. The van der Waals surface area contributed by atoms with Gasteiger partial charge in [-0.05, 0) is 31.5 Å². The van der Waals surface area contributed by atoms with Crippen molar-refractivity contribution >= 4 is 35.6 Å². The minimum atomic E-state index is 0. The first-order valence-electron chi connectivity index (χ1n) is 7.28. The lowest BCUT2D eigenvalue weighted by atomic mass is 10.2. The third-order valence-electron chi connectivity index (χ3n) is 3.63. The van der Waals surface area contributed by atoms with E-state index >= 15 is 0 Å². The van der Waals surface area contributed by atoms with E-state index in [9.17, 15) is 0 Å². The molecule has 0 amide bonds. The molecule has 0 aliphatic carbocycles. The quantitative estimate of drug-likeness (QED) is 0.358. The van der Waals surface area contributed by atoms with Gasteiger partial charge >= 0.3 is 0 Å². The Labute approximate surface area is 144 Å². The fraction of sp³-hybridized carbons (Fsp3) is 0.438. The van der Waals surface area contributed by atoms with E-state index in [1.807, 2.05) is 0 Å². The third-order valence-corrected chi connectivity index (χ3v) is 3.63. The summed E-state index contributed by atoms with van der Waals surface area (Å²) in [4.78, 5) is 8.85. The van der Waals surface area contributed by atoms with Crippen LogP contribution in [0.2, 0.25) is 0 Å². The van der Waals surface area contributed by atoms with Gasteiger partial charge in [0.1, 0.15) is 0 Å². The van der Waals surface area contributed by atoms with Crippen molar-refractivity contribution in [1.82, 2.24) is 4.90 Å². The molecule has 0 saturated heterocycles. The molecule has 0 aromatic heterocycles. The van der Waals surface area contributed by atoms with Crippen molar-refractivity contribution in [1.29, 1.82) is 0 Å². The van der Waals surface area contributed by atoms with Crippen LogP contribution in [0.4, 0.5) is 5.69 Å². The summed E-state index contributed by atoms with van der Waals surface area (Å²) in [6.45, 7) is 8.62. The molecule has 0 saturated carbocycles. The molecule has 1 aromatic carbocycles. The number of nitrogens with two attached hydrogens (primary N) is 1. The van der Waals surface area contributed by atoms with Crippen molar-refractivity contribution in [3.05, 3.63) is 42.0 Å². The average molecular weight is 400 g/mol. The average Bonchev–Trinajstić information content (AvgIpc) is 3.01. The molecule has 116 valence electrons. The van der Waals surface area contributed by atoms with Gasteiger partial charge in [-0.25, -0.2) is 4.99 Å². The summed E-state index contributed by atoms with van der Waals surface area (Å²) in [5, 5.41) is 0. The Balaban J connectivity index is 0.00000220. The monoisotopic (exact) mass is 400 g/mol. The molecule has 2 N–H and O–H groups in total. The fourth-order valence-electron chi connectivity index (χ4n) is 2.32. The van der Waals surface area contributed by atoms with Crippen LogP contribution in [0.15, 0.2) is 41.4 Å². The van der Waals surface area contributed by atoms with Crippen LogP contribution in [0.25, 0.3) is 0 Å². The molecular weight excluding hydrogens is 375 g/mol. The van der Waals surface area contributed by atoms with Crippen LogP contribution >= 0.6 is 24.0 Å². The zero-order valence-electron chi connectivity index (χ0n) is 12.8. The highest BCUT2D eigenvalue weighted by atomic mass is 127. The Hall–Kier alpha value is -1.24. The van der Waals surface area contributed by atoms with Crippen molar-refractivity contribution in [2.75, 3.05) is 31.1 Å². The van der Waals surface area contributed by atoms with E-state index in [2.05, 4.69) is 65.1 Å². The highest BCUT2D eigenvalue weighted by molar-refractivity contribution is 14.0. The maximum atomic E-state index is 5.98. The van der Waals surface area contributed by atoms with Gasteiger partial charge in [-0.1, -0.05) is 24.3 Å². The second kappa shape index (κ2) is 8.92. The minimum absolute atomic E-state index is 0. The predicted octanol–water partition coefficient (Wildman–Crippen LogP) is 2.84. The smallest absolute Gasteiger partial charge is 0.191 e. The first-order valence-corrected chi connectivity index (χ1v) is 7.28. The van der Waals surface area contributed by atoms with Crippen LogP contribution in [-0.2, 0) is 6.54 Å². The Morgan fingerprint density at radius 1 is 1.14 bits per heavy atom. The number of hydrogen-bond acceptors (Lipinski definition) is 2. The first-order chi connectivity index (χ1) is 9.74. The molecule has 1 aliphatic heterocycles. The molecule has 5 heteroatoms. The van der Waals surface area contributed by atoms with Crippen LogP contribution in [0.1, 0.15) is 19.4 Å². The van der Waals surface area contributed by atoms with Crippen LogP contribution in [0, 0.1) is 0 Å². The second-order valence-corrected chi connectivity index (χ2v) is 4.89. The highest BCUT2D eigenvalue weighted by Crippen LogP contribution is 2.17. The Kier molecular flexibility index (Phi) is 7.56.